The van der Waals surface area contributed by atoms with Gasteiger partial charge in [0, 0.05) is 5.39 Å². The summed E-state index contributed by atoms with van der Waals surface area (Å²) in [6, 6.07) is 1.86. The van der Waals surface area contributed by atoms with Crippen molar-refractivity contribution in [2.75, 3.05) is 0 Å². The van der Waals surface area contributed by atoms with Gasteiger partial charge in [-0.3, -0.25) is 0 Å². The van der Waals surface area contributed by atoms with Gasteiger partial charge in [-0.05, 0) is 30.4 Å². The quantitative estimate of drug-likeness (QED) is 0.761. The lowest BCUT2D eigenvalue weighted by Gasteiger charge is -1.95. The van der Waals surface area contributed by atoms with Crippen LogP contribution in [-0.2, 0) is 0 Å². The minimum absolute atomic E-state index is 0.439. The Hall–Kier alpha value is -0.380. The lowest BCUT2D eigenvalue weighted by molar-refractivity contribution is 1.08. The zero-order chi connectivity index (χ0) is 9.71. The van der Waals surface area contributed by atoms with Crippen molar-refractivity contribution in [3.8, 4) is 0 Å². The van der Waals surface area contributed by atoms with E-state index in [9.17, 15) is 0 Å². The molecule has 72 valence electrons. The third-order valence-corrected chi connectivity index (χ3v) is 3.92. The van der Waals surface area contributed by atoms with Gasteiger partial charge in [0.1, 0.15) is 4.83 Å². The summed E-state index contributed by atoms with van der Waals surface area (Å²) in [5.74, 6) is 0.622. The lowest BCUT2D eigenvalue weighted by atomic mass is 10.1. The van der Waals surface area contributed by atoms with Crippen LogP contribution in [0.25, 0.3) is 10.2 Å². The molecule has 0 radical (unpaired) electrons. The van der Waals surface area contributed by atoms with Gasteiger partial charge in [-0.2, -0.15) is 0 Å². The largest absolute Gasteiger partial charge is 0.152 e. The highest BCUT2D eigenvalue weighted by molar-refractivity contribution is 7.22. The van der Waals surface area contributed by atoms with Gasteiger partial charge in [-0.15, -0.1) is 21.5 Å². The Balaban J connectivity index is 2.34. The summed E-state index contributed by atoms with van der Waals surface area (Å²) in [5, 5.41) is 9.36. The van der Waals surface area contributed by atoms with Crippen molar-refractivity contribution < 1.29 is 0 Å². The molecule has 1 fully saturated rings. The normalized spacial score (nSPS) is 16.4. The Morgan fingerprint density at radius 2 is 2.07 bits per heavy atom. The molecule has 5 heteroatoms. The second-order valence-electron chi connectivity index (χ2n) is 3.45. The molecule has 0 saturated heterocycles. The van der Waals surface area contributed by atoms with Crippen molar-refractivity contribution in [2.24, 2.45) is 0 Å². The van der Waals surface area contributed by atoms with Crippen molar-refractivity contribution >= 4 is 44.8 Å². The van der Waals surface area contributed by atoms with E-state index in [0.29, 0.717) is 11.1 Å². The van der Waals surface area contributed by atoms with Crippen molar-refractivity contribution in [2.45, 2.75) is 18.8 Å². The van der Waals surface area contributed by atoms with Crippen LogP contribution in [0.3, 0.4) is 0 Å². The minimum atomic E-state index is 0.439. The van der Waals surface area contributed by atoms with E-state index in [-0.39, 0.29) is 0 Å². The van der Waals surface area contributed by atoms with Gasteiger partial charge in [0.2, 0.25) is 0 Å². The number of halogens is 2. The molecular weight excluding hydrogens is 239 g/mol. The minimum Gasteiger partial charge on any atom is -0.138 e. The van der Waals surface area contributed by atoms with Gasteiger partial charge < -0.3 is 0 Å². The van der Waals surface area contributed by atoms with E-state index in [1.807, 2.05) is 6.07 Å². The Kier molecular flexibility index (Phi) is 1.94. The topological polar surface area (TPSA) is 25.8 Å². The number of rotatable bonds is 1. The van der Waals surface area contributed by atoms with Crippen LogP contribution in [0.5, 0.6) is 0 Å². The van der Waals surface area contributed by atoms with E-state index in [1.165, 1.54) is 29.7 Å². The third kappa shape index (κ3) is 1.31. The summed E-state index contributed by atoms with van der Waals surface area (Å²) in [6.45, 7) is 0. The predicted octanol–water partition coefficient (Wildman–Crippen LogP) is 3.88. The molecule has 14 heavy (non-hydrogen) atoms. The third-order valence-electron chi connectivity index (χ3n) is 2.40. The van der Waals surface area contributed by atoms with E-state index in [2.05, 4.69) is 10.2 Å². The maximum atomic E-state index is 6.16. The van der Waals surface area contributed by atoms with Crippen LogP contribution in [0.1, 0.15) is 24.3 Å². The van der Waals surface area contributed by atoms with E-state index in [0.717, 1.165) is 14.6 Å². The van der Waals surface area contributed by atoms with Gasteiger partial charge in [0.15, 0.2) is 5.15 Å². The van der Waals surface area contributed by atoms with Gasteiger partial charge in [-0.25, -0.2) is 0 Å². The summed E-state index contributed by atoms with van der Waals surface area (Å²) < 4.78 is 0.846. The molecule has 2 aromatic heterocycles. The Bertz CT molecular complexity index is 505. The zero-order valence-corrected chi connectivity index (χ0v) is 9.46. The first-order chi connectivity index (χ1) is 6.75. The number of thiophene rings is 1. The fourth-order valence-electron chi connectivity index (χ4n) is 1.62. The van der Waals surface area contributed by atoms with Crippen molar-refractivity contribution in [1.82, 2.24) is 10.2 Å². The summed E-state index contributed by atoms with van der Waals surface area (Å²) in [5.41, 5.74) is 1.23. The predicted molar refractivity (Wildman–Crippen MR) is 59.4 cm³/mol. The van der Waals surface area contributed by atoms with Crippen LogP contribution >= 0.6 is 34.5 Å². The molecule has 0 bridgehead atoms. The van der Waals surface area contributed by atoms with Crippen LogP contribution in [0.15, 0.2) is 6.07 Å². The average molecular weight is 245 g/mol. The molecular formula is C9H6Cl2N2S. The highest BCUT2D eigenvalue weighted by atomic mass is 35.5. The highest BCUT2D eigenvalue weighted by Gasteiger charge is 2.29. The molecule has 2 aromatic rings. The van der Waals surface area contributed by atoms with Gasteiger partial charge in [0.05, 0.1) is 4.34 Å². The molecule has 0 unspecified atom stereocenters. The molecule has 0 N–H and O–H groups in total. The average Bonchev–Trinajstić information content (AvgIpc) is 2.90. The second-order valence-corrected chi connectivity index (χ2v) is 5.44. The van der Waals surface area contributed by atoms with Gasteiger partial charge in [-0.1, -0.05) is 23.2 Å². The van der Waals surface area contributed by atoms with E-state index in [4.69, 9.17) is 23.2 Å². The summed E-state index contributed by atoms with van der Waals surface area (Å²) in [6.07, 6.45) is 2.46. The Morgan fingerprint density at radius 3 is 2.79 bits per heavy atom. The molecule has 1 saturated carbocycles. The van der Waals surface area contributed by atoms with E-state index < -0.39 is 0 Å². The maximum absolute atomic E-state index is 6.16. The molecule has 0 aromatic carbocycles. The number of aromatic nitrogens is 2. The van der Waals surface area contributed by atoms with Crippen molar-refractivity contribution in [1.29, 1.82) is 0 Å². The molecule has 1 aliphatic rings. The molecule has 0 atom stereocenters. The molecule has 2 nitrogen and oxygen atoms in total. The van der Waals surface area contributed by atoms with E-state index in [1.54, 1.807) is 0 Å². The van der Waals surface area contributed by atoms with Crippen LogP contribution < -0.4 is 0 Å². The van der Waals surface area contributed by atoms with E-state index >= 15 is 0 Å². The first-order valence-corrected chi connectivity index (χ1v) is 5.94. The van der Waals surface area contributed by atoms with Crippen molar-refractivity contribution in [3.63, 3.8) is 0 Å². The zero-order valence-electron chi connectivity index (χ0n) is 7.13. The SMILES string of the molecule is Clc1cc2c(C3CC3)c(Cl)sc2nn1. The monoisotopic (exact) mass is 244 g/mol. The Morgan fingerprint density at radius 1 is 1.29 bits per heavy atom. The molecule has 0 aliphatic heterocycles. The molecule has 1 aliphatic carbocycles. The van der Waals surface area contributed by atoms with Crippen LogP contribution in [0, 0.1) is 0 Å². The van der Waals surface area contributed by atoms with Gasteiger partial charge >= 0.3 is 0 Å². The summed E-state index contributed by atoms with van der Waals surface area (Å²) in [7, 11) is 0. The number of hydrogen-bond acceptors (Lipinski definition) is 3. The fraction of sp³-hybridized carbons (Fsp3) is 0.333. The Labute approximate surface area is 94.9 Å². The number of nitrogens with zero attached hydrogens (tertiary/aromatic N) is 2. The maximum Gasteiger partial charge on any atom is 0.152 e. The standard InChI is InChI=1S/C9H6Cl2N2S/c10-6-3-5-7(4-1-2-4)8(11)14-9(5)13-12-6/h3-4H,1-2H2. The molecule has 0 amide bonds. The molecule has 3 rings (SSSR count). The first-order valence-electron chi connectivity index (χ1n) is 4.37. The second kappa shape index (κ2) is 3.05. The lowest BCUT2D eigenvalue weighted by Crippen LogP contribution is -1.82. The summed E-state index contributed by atoms with van der Waals surface area (Å²) in [4.78, 5) is 0.890. The van der Waals surface area contributed by atoms with Crippen LogP contribution in [-0.4, -0.2) is 10.2 Å². The number of fused-ring (bicyclic) bond motifs is 1. The number of hydrogen-bond donors (Lipinski definition) is 0. The molecule has 0 spiro atoms. The van der Waals surface area contributed by atoms with Gasteiger partial charge in [0.25, 0.3) is 0 Å². The summed E-state index contributed by atoms with van der Waals surface area (Å²) >= 11 is 13.5. The highest BCUT2D eigenvalue weighted by Crippen LogP contribution is 2.49. The fourth-order valence-corrected chi connectivity index (χ4v) is 3.16. The van der Waals surface area contributed by atoms with Crippen LogP contribution in [0.2, 0.25) is 9.49 Å². The first kappa shape index (κ1) is 8.89. The van der Waals surface area contributed by atoms with Crippen molar-refractivity contribution in [3.05, 3.63) is 21.1 Å². The molecule has 2 heterocycles. The van der Waals surface area contributed by atoms with Crippen LogP contribution in [0.4, 0.5) is 0 Å². The smallest absolute Gasteiger partial charge is 0.138 e.